The van der Waals surface area contributed by atoms with E-state index in [0.717, 1.165) is 23.3 Å². The Labute approximate surface area is 104 Å². The van der Waals surface area contributed by atoms with E-state index < -0.39 is 0 Å². The van der Waals surface area contributed by atoms with Crippen LogP contribution >= 0.6 is 23.2 Å². The van der Waals surface area contributed by atoms with Crippen LogP contribution in [-0.4, -0.2) is 9.55 Å². The van der Waals surface area contributed by atoms with Crippen LogP contribution < -0.4 is 0 Å². The lowest BCUT2D eigenvalue weighted by atomic mass is 10.3. The molecular weight excluding hydrogens is 243 g/mol. The molecule has 1 aromatic heterocycles. The summed E-state index contributed by atoms with van der Waals surface area (Å²) < 4.78 is 2.09. The van der Waals surface area contributed by atoms with Gasteiger partial charge in [-0.15, -0.1) is 0 Å². The van der Waals surface area contributed by atoms with E-state index in [1.165, 1.54) is 5.54 Å². The average Bonchev–Trinajstić information content (AvgIpc) is 2.67. The van der Waals surface area contributed by atoms with Gasteiger partial charge >= 0.3 is 0 Å². The number of benzene rings is 1. The molecule has 0 amide bonds. The number of aryl methyl sites for hydroxylation is 1. The van der Waals surface area contributed by atoms with E-state index >= 15 is 0 Å². The molecule has 84 valence electrons. The first kappa shape index (κ1) is 11.5. The predicted molar refractivity (Wildman–Crippen MR) is 68.9 cm³/mol. The lowest BCUT2D eigenvalue weighted by Gasteiger charge is -2.06. The number of hydrogen-bond donors (Lipinski definition) is 0. The van der Waals surface area contributed by atoms with Gasteiger partial charge in [-0.2, -0.15) is 0 Å². The standard InChI is InChI=1S/C12H12Cl2N2/c1-2-12-15-10-5-3-4-6-11(10)16(12)8-9(14)7-13/h3-7H,2,8H2,1H3/b9-7-. The summed E-state index contributed by atoms with van der Waals surface area (Å²) in [6.07, 6.45) is 0.876. The van der Waals surface area contributed by atoms with Crippen LogP contribution in [0.25, 0.3) is 11.0 Å². The number of rotatable bonds is 3. The van der Waals surface area contributed by atoms with Crippen molar-refractivity contribution < 1.29 is 0 Å². The number of fused-ring (bicyclic) bond motifs is 1. The van der Waals surface area contributed by atoms with Gasteiger partial charge in [-0.25, -0.2) is 4.98 Å². The van der Waals surface area contributed by atoms with Crippen LogP contribution in [0.5, 0.6) is 0 Å². The van der Waals surface area contributed by atoms with E-state index in [0.29, 0.717) is 11.6 Å². The van der Waals surface area contributed by atoms with Crippen LogP contribution in [0, 0.1) is 0 Å². The Kier molecular flexibility index (Phi) is 3.52. The lowest BCUT2D eigenvalue weighted by molar-refractivity contribution is 0.762. The van der Waals surface area contributed by atoms with E-state index in [9.17, 15) is 0 Å². The van der Waals surface area contributed by atoms with Gasteiger partial charge in [0.25, 0.3) is 0 Å². The molecule has 0 N–H and O–H groups in total. The summed E-state index contributed by atoms with van der Waals surface area (Å²) >= 11 is 11.6. The maximum absolute atomic E-state index is 5.97. The zero-order valence-electron chi connectivity index (χ0n) is 8.95. The minimum atomic E-state index is 0.578. The second-order valence-electron chi connectivity index (χ2n) is 3.51. The van der Waals surface area contributed by atoms with Gasteiger partial charge in [-0.05, 0) is 12.1 Å². The van der Waals surface area contributed by atoms with Crippen molar-refractivity contribution in [3.8, 4) is 0 Å². The highest BCUT2D eigenvalue weighted by atomic mass is 35.5. The summed E-state index contributed by atoms with van der Waals surface area (Å²) in [5.41, 5.74) is 3.49. The fourth-order valence-electron chi connectivity index (χ4n) is 1.76. The van der Waals surface area contributed by atoms with Gasteiger partial charge in [0.1, 0.15) is 5.82 Å². The Balaban J connectivity index is 2.55. The first-order valence-corrected chi connectivity index (χ1v) is 5.96. The third-order valence-electron chi connectivity index (χ3n) is 2.48. The molecule has 16 heavy (non-hydrogen) atoms. The lowest BCUT2D eigenvalue weighted by Crippen LogP contribution is -2.02. The van der Waals surface area contributed by atoms with Gasteiger partial charge in [0, 0.05) is 17.0 Å². The third-order valence-corrected chi connectivity index (χ3v) is 3.08. The van der Waals surface area contributed by atoms with Gasteiger partial charge in [0.2, 0.25) is 0 Å². The van der Waals surface area contributed by atoms with Crippen molar-refractivity contribution >= 4 is 34.2 Å². The molecule has 1 heterocycles. The molecular formula is C12H12Cl2N2. The topological polar surface area (TPSA) is 17.8 Å². The van der Waals surface area contributed by atoms with E-state index in [1.54, 1.807) is 0 Å². The van der Waals surface area contributed by atoms with E-state index in [-0.39, 0.29) is 0 Å². The molecule has 2 nitrogen and oxygen atoms in total. The Morgan fingerprint density at radius 2 is 2.19 bits per heavy atom. The number of imidazole rings is 1. The van der Waals surface area contributed by atoms with Gasteiger partial charge in [-0.1, -0.05) is 42.3 Å². The van der Waals surface area contributed by atoms with Gasteiger partial charge < -0.3 is 4.57 Å². The largest absolute Gasteiger partial charge is 0.323 e. The smallest absolute Gasteiger partial charge is 0.109 e. The fourth-order valence-corrected chi connectivity index (χ4v) is 1.95. The van der Waals surface area contributed by atoms with Crippen molar-refractivity contribution in [2.45, 2.75) is 19.9 Å². The number of allylic oxidation sites excluding steroid dienone is 1. The number of hydrogen-bond acceptors (Lipinski definition) is 1. The highest BCUT2D eigenvalue weighted by Crippen LogP contribution is 2.19. The minimum Gasteiger partial charge on any atom is -0.323 e. The van der Waals surface area contributed by atoms with E-state index in [2.05, 4.69) is 16.5 Å². The van der Waals surface area contributed by atoms with Gasteiger partial charge in [-0.3, -0.25) is 0 Å². The predicted octanol–water partition coefficient (Wildman–Crippen LogP) is 3.92. The minimum absolute atomic E-state index is 0.578. The fraction of sp³-hybridized carbons (Fsp3) is 0.250. The van der Waals surface area contributed by atoms with Crippen LogP contribution in [0.4, 0.5) is 0 Å². The number of nitrogens with zero attached hydrogens (tertiary/aromatic N) is 2. The summed E-state index contributed by atoms with van der Waals surface area (Å²) in [5, 5.41) is 0.611. The molecule has 4 heteroatoms. The molecule has 1 aromatic carbocycles. The molecule has 0 atom stereocenters. The van der Waals surface area contributed by atoms with E-state index in [1.807, 2.05) is 24.3 Å². The summed E-state index contributed by atoms with van der Waals surface area (Å²) in [6, 6.07) is 8.03. The van der Waals surface area contributed by atoms with Crippen LogP contribution in [0.15, 0.2) is 34.8 Å². The molecule has 0 fully saturated rings. The molecule has 0 saturated heterocycles. The Morgan fingerprint density at radius 1 is 1.44 bits per heavy atom. The quantitative estimate of drug-likeness (QED) is 0.812. The Bertz CT molecular complexity index is 529. The molecule has 2 aromatic rings. The van der Waals surface area contributed by atoms with Crippen molar-refractivity contribution in [1.29, 1.82) is 0 Å². The summed E-state index contributed by atoms with van der Waals surface area (Å²) in [4.78, 5) is 4.55. The van der Waals surface area contributed by atoms with Gasteiger partial charge in [0.15, 0.2) is 0 Å². The monoisotopic (exact) mass is 254 g/mol. The molecule has 0 spiro atoms. The molecule has 0 aliphatic carbocycles. The molecule has 0 aliphatic rings. The highest BCUT2D eigenvalue weighted by molar-refractivity contribution is 6.36. The van der Waals surface area contributed by atoms with Crippen molar-refractivity contribution in [2.24, 2.45) is 0 Å². The van der Waals surface area contributed by atoms with Crippen LogP contribution in [0.3, 0.4) is 0 Å². The van der Waals surface area contributed by atoms with Gasteiger partial charge in [0.05, 0.1) is 17.6 Å². The zero-order chi connectivity index (χ0) is 11.5. The summed E-state index contributed by atoms with van der Waals surface area (Å²) in [5.74, 6) is 1.03. The highest BCUT2D eigenvalue weighted by Gasteiger charge is 2.09. The van der Waals surface area contributed by atoms with Crippen LogP contribution in [0.1, 0.15) is 12.7 Å². The Morgan fingerprint density at radius 3 is 2.88 bits per heavy atom. The molecule has 0 unspecified atom stereocenters. The van der Waals surface area contributed by atoms with Crippen molar-refractivity contribution in [3.05, 3.63) is 40.7 Å². The normalized spacial score (nSPS) is 12.3. The SMILES string of the molecule is CCc1nc2ccccc2n1C/C(Cl)=C/Cl. The molecule has 0 bridgehead atoms. The maximum Gasteiger partial charge on any atom is 0.109 e. The first-order chi connectivity index (χ1) is 7.76. The molecule has 0 aliphatic heterocycles. The molecule has 0 saturated carbocycles. The zero-order valence-corrected chi connectivity index (χ0v) is 10.5. The number of halogens is 2. The summed E-state index contributed by atoms with van der Waals surface area (Å²) in [7, 11) is 0. The van der Waals surface area contributed by atoms with Crippen molar-refractivity contribution in [1.82, 2.24) is 9.55 Å². The molecule has 0 radical (unpaired) electrons. The van der Waals surface area contributed by atoms with Crippen molar-refractivity contribution in [2.75, 3.05) is 0 Å². The number of para-hydroxylation sites is 2. The molecule has 2 rings (SSSR count). The van der Waals surface area contributed by atoms with Crippen molar-refractivity contribution in [3.63, 3.8) is 0 Å². The second kappa shape index (κ2) is 4.89. The Hall–Kier alpha value is -0.990. The third kappa shape index (κ3) is 2.08. The average molecular weight is 255 g/mol. The van der Waals surface area contributed by atoms with E-state index in [4.69, 9.17) is 23.2 Å². The van der Waals surface area contributed by atoms with Crippen LogP contribution in [-0.2, 0) is 13.0 Å². The van der Waals surface area contributed by atoms with Crippen LogP contribution in [0.2, 0.25) is 0 Å². The summed E-state index contributed by atoms with van der Waals surface area (Å²) in [6.45, 7) is 2.66. The first-order valence-electron chi connectivity index (χ1n) is 5.15. The second-order valence-corrected chi connectivity index (χ2v) is 4.22. The maximum atomic E-state index is 5.97. The number of aromatic nitrogens is 2.